The van der Waals surface area contributed by atoms with Gasteiger partial charge in [0, 0.05) is 23.9 Å². The molecule has 5 heteroatoms. The van der Waals surface area contributed by atoms with E-state index in [4.69, 9.17) is 4.74 Å². The first kappa shape index (κ1) is 21.6. The molecule has 1 amide bonds. The van der Waals surface area contributed by atoms with Gasteiger partial charge in [-0.15, -0.1) is 0 Å². The summed E-state index contributed by atoms with van der Waals surface area (Å²) in [7, 11) is 0. The van der Waals surface area contributed by atoms with Crippen molar-refractivity contribution in [3.63, 3.8) is 0 Å². The average molecular weight is 366 g/mol. The predicted molar refractivity (Wildman–Crippen MR) is 105 cm³/mol. The van der Waals surface area contributed by atoms with Crippen LogP contribution < -0.4 is 0 Å². The largest absolute Gasteiger partial charge is 0.446 e. The Morgan fingerprint density at radius 3 is 2.20 bits per heavy atom. The number of carbonyl (C=O) groups excluding carboxylic acids is 2. The van der Waals surface area contributed by atoms with Gasteiger partial charge in [-0.05, 0) is 39.2 Å². The molecule has 0 saturated heterocycles. The maximum atomic E-state index is 12.4. The summed E-state index contributed by atoms with van der Waals surface area (Å²) in [6, 6.07) is 7.85. The van der Waals surface area contributed by atoms with Gasteiger partial charge in [0.05, 0.1) is 0 Å². The molecule has 2 atom stereocenters. The minimum absolute atomic E-state index is 0.0674. The zero-order valence-electron chi connectivity index (χ0n) is 16.1. The number of thioether (sulfide) groups is 1. The van der Waals surface area contributed by atoms with Gasteiger partial charge in [-0.1, -0.05) is 56.3 Å². The van der Waals surface area contributed by atoms with Crippen molar-refractivity contribution in [2.24, 2.45) is 0 Å². The first-order chi connectivity index (χ1) is 11.9. The molecule has 2 unspecified atom stereocenters. The van der Waals surface area contributed by atoms with E-state index in [1.807, 2.05) is 52.0 Å². The van der Waals surface area contributed by atoms with Gasteiger partial charge in [0.25, 0.3) is 0 Å². The first-order valence-corrected chi connectivity index (χ1v) is 10.0. The molecule has 25 heavy (non-hydrogen) atoms. The number of aryl methyl sites for hydroxylation is 1. The number of ether oxygens (including phenoxy) is 1. The second-order valence-corrected chi connectivity index (χ2v) is 7.68. The number of rotatable bonds is 9. The predicted octanol–water partition coefficient (Wildman–Crippen LogP) is 5.16. The van der Waals surface area contributed by atoms with Crippen molar-refractivity contribution in [1.29, 1.82) is 0 Å². The Morgan fingerprint density at radius 1 is 1.08 bits per heavy atom. The molecule has 0 aromatic heterocycles. The summed E-state index contributed by atoms with van der Waals surface area (Å²) in [6.45, 7) is 11.2. The van der Waals surface area contributed by atoms with Crippen LogP contribution in [0, 0.1) is 0 Å². The lowest BCUT2D eigenvalue weighted by Crippen LogP contribution is -2.34. The van der Waals surface area contributed by atoms with Crippen molar-refractivity contribution in [2.45, 2.75) is 65.2 Å². The lowest BCUT2D eigenvalue weighted by atomic mass is 10.1. The third kappa shape index (κ3) is 7.51. The highest BCUT2D eigenvalue weighted by atomic mass is 32.2. The zero-order chi connectivity index (χ0) is 18.8. The average Bonchev–Trinajstić information content (AvgIpc) is 2.56. The second-order valence-electron chi connectivity index (χ2n) is 6.27. The van der Waals surface area contributed by atoms with Gasteiger partial charge in [-0.2, -0.15) is 0 Å². The van der Waals surface area contributed by atoms with E-state index >= 15 is 0 Å². The Morgan fingerprint density at radius 2 is 1.68 bits per heavy atom. The van der Waals surface area contributed by atoms with Gasteiger partial charge < -0.3 is 9.64 Å². The van der Waals surface area contributed by atoms with Crippen molar-refractivity contribution in [2.75, 3.05) is 13.1 Å². The van der Waals surface area contributed by atoms with Crippen LogP contribution in [0.2, 0.25) is 0 Å². The van der Waals surface area contributed by atoms with Crippen LogP contribution in [-0.4, -0.2) is 40.6 Å². The molecule has 1 rings (SSSR count). The van der Waals surface area contributed by atoms with E-state index in [0.717, 1.165) is 18.4 Å². The number of amides is 1. The third-order valence-corrected chi connectivity index (χ3v) is 5.07. The molecule has 0 bridgehead atoms. The molecule has 0 aliphatic rings. The van der Waals surface area contributed by atoms with Crippen LogP contribution in [-0.2, 0) is 11.2 Å². The van der Waals surface area contributed by atoms with Crippen molar-refractivity contribution in [3.05, 3.63) is 35.4 Å². The van der Waals surface area contributed by atoms with Crippen LogP contribution in [0.1, 0.15) is 63.4 Å². The highest BCUT2D eigenvalue weighted by molar-refractivity contribution is 8.14. The van der Waals surface area contributed by atoms with Crippen LogP contribution in [0.3, 0.4) is 0 Å². The lowest BCUT2D eigenvalue weighted by Gasteiger charge is -2.22. The van der Waals surface area contributed by atoms with Gasteiger partial charge in [-0.3, -0.25) is 4.79 Å². The van der Waals surface area contributed by atoms with Crippen LogP contribution in [0.5, 0.6) is 0 Å². The molecule has 0 fully saturated rings. The molecular weight excluding hydrogens is 334 g/mol. The van der Waals surface area contributed by atoms with Gasteiger partial charge >= 0.3 is 6.09 Å². The Kier molecular flexibility index (Phi) is 9.65. The van der Waals surface area contributed by atoms with E-state index in [9.17, 15) is 9.59 Å². The van der Waals surface area contributed by atoms with E-state index < -0.39 is 0 Å². The molecule has 0 N–H and O–H groups in total. The van der Waals surface area contributed by atoms with Crippen molar-refractivity contribution in [3.8, 4) is 0 Å². The van der Waals surface area contributed by atoms with E-state index in [1.54, 1.807) is 4.90 Å². The zero-order valence-corrected chi connectivity index (χ0v) is 16.9. The van der Waals surface area contributed by atoms with E-state index in [2.05, 4.69) is 6.92 Å². The molecule has 0 aliphatic carbocycles. The number of carbonyl (C=O) groups is 2. The Bertz CT molecular complexity index is 540. The highest BCUT2D eigenvalue weighted by Gasteiger charge is 2.19. The van der Waals surface area contributed by atoms with Crippen molar-refractivity contribution < 1.29 is 14.3 Å². The Balaban J connectivity index is 2.48. The summed E-state index contributed by atoms with van der Waals surface area (Å²) in [4.78, 5) is 26.0. The molecule has 0 spiro atoms. The summed E-state index contributed by atoms with van der Waals surface area (Å²) < 4.78 is 5.46. The number of hydrogen-bond donors (Lipinski definition) is 0. The highest BCUT2D eigenvalue weighted by Crippen LogP contribution is 2.23. The molecule has 0 saturated carbocycles. The maximum Gasteiger partial charge on any atom is 0.410 e. The Labute approximate surface area is 156 Å². The first-order valence-electron chi connectivity index (χ1n) is 9.16. The monoisotopic (exact) mass is 365 g/mol. The summed E-state index contributed by atoms with van der Waals surface area (Å²) in [5.74, 6) is 0. The second kappa shape index (κ2) is 11.2. The molecule has 1 aromatic carbocycles. The fourth-order valence-electron chi connectivity index (χ4n) is 2.64. The number of benzene rings is 1. The van der Waals surface area contributed by atoms with Crippen LogP contribution >= 0.6 is 11.8 Å². The Hall–Kier alpha value is -1.49. The quantitative estimate of drug-likeness (QED) is 0.606. The molecule has 0 radical (unpaired) electrons. The number of hydrogen-bond acceptors (Lipinski definition) is 4. The molecule has 4 nitrogen and oxygen atoms in total. The van der Waals surface area contributed by atoms with Crippen molar-refractivity contribution >= 4 is 23.0 Å². The summed E-state index contributed by atoms with van der Waals surface area (Å²) >= 11 is 1.30. The topological polar surface area (TPSA) is 46.6 Å². The smallest absolute Gasteiger partial charge is 0.410 e. The fourth-order valence-corrected chi connectivity index (χ4v) is 3.64. The van der Waals surface area contributed by atoms with Crippen LogP contribution in [0.25, 0.3) is 0 Å². The third-order valence-electron chi connectivity index (χ3n) is 4.02. The van der Waals surface area contributed by atoms with Gasteiger partial charge in [-0.25, -0.2) is 4.79 Å². The van der Waals surface area contributed by atoms with E-state index in [0.29, 0.717) is 19.5 Å². The van der Waals surface area contributed by atoms with E-state index in [-0.39, 0.29) is 22.6 Å². The minimum atomic E-state index is -0.285. The molecule has 0 heterocycles. The molecule has 140 valence electrons. The van der Waals surface area contributed by atoms with Crippen LogP contribution in [0.15, 0.2) is 24.3 Å². The summed E-state index contributed by atoms with van der Waals surface area (Å²) in [5, 5.41) is 0.153. The summed E-state index contributed by atoms with van der Waals surface area (Å²) in [6.07, 6.45) is 2.29. The maximum absolute atomic E-state index is 12.4. The summed E-state index contributed by atoms with van der Waals surface area (Å²) in [5.41, 5.74) is 1.98. The van der Waals surface area contributed by atoms with Crippen LogP contribution in [0.4, 0.5) is 4.79 Å². The normalized spacial score (nSPS) is 13.2. The fraction of sp³-hybridized carbons (Fsp3) is 0.600. The molecule has 1 aromatic rings. The standard InChI is InChI=1S/C20H31NO3S/c1-6-9-17-10-12-18(13-11-17)19(22)25-16(5)14-15(4)24-20(23)21(7-2)8-3/h10-13,15-16H,6-9,14H2,1-5H3. The molecular formula is C20H31NO3S. The lowest BCUT2D eigenvalue weighted by molar-refractivity contribution is 0.0696. The van der Waals surface area contributed by atoms with Crippen molar-refractivity contribution in [1.82, 2.24) is 4.90 Å². The van der Waals surface area contributed by atoms with Gasteiger partial charge in [0.2, 0.25) is 5.12 Å². The molecule has 0 aliphatic heterocycles. The SMILES string of the molecule is CCCc1ccc(C(=O)SC(C)CC(C)OC(=O)N(CC)CC)cc1. The van der Waals surface area contributed by atoms with E-state index in [1.165, 1.54) is 17.3 Å². The number of nitrogens with zero attached hydrogens (tertiary/aromatic N) is 1. The minimum Gasteiger partial charge on any atom is -0.446 e. The van der Waals surface area contributed by atoms with Gasteiger partial charge in [0.15, 0.2) is 0 Å². The van der Waals surface area contributed by atoms with Gasteiger partial charge in [0.1, 0.15) is 6.10 Å².